The zero-order valence-electron chi connectivity index (χ0n) is 6.34. The number of carbonyl (C=O) groups is 2. The SMILES string of the molecule is COC(=O)CC(=N)C(=O)OC. The molecule has 0 aromatic heterocycles. The van der Waals surface area contributed by atoms with Crippen molar-refractivity contribution in [1.82, 2.24) is 0 Å². The highest BCUT2D eigenvalue weighted by atomic mass is 16.5. The van der Waals surface area contributed by atoms with Crippen LogP contribution in [0.15, 0.2) is 0 Å². The van der Waals surface area contributed by atoms with E-state index < -0.39 is 17.7 Å². The average Bonchev–Trinajstić information content (AvgIpc) is 2.02. The molecule has 0 aliphatic carbocycles. The standard InChI is InChI=1S/C6H9NO4/c1-10-5(8)3-4(7)6(9)11-2/h7H,3H2,1-2H3. The molecule has 0 fully saturated rings. The van der Waals surface area contributed by atoms with Crippen molar-refractivity contribution in [3.63, 3.8) is 0 Å². The quantitative estimate of drug-likeness (QED) is 0.454. The zero-order chi connectivity index (χ0) is 8.85. The second-order valence-electron chi connectivity index (χ2n) is 1.72. The van der Waals surface area contributed by atoms with Gasteiger partial charge in [-0.2, -0.15) is 0 Å². The van der Waals surface area contributed by atoms with E-state index in [-0.39, 0.29) is 6.42 Å². The second kappa shape index (κ2) is 4.43. The lowest BCUT2D eigenvalue weighted by Gasteiger charge is -1.98. The first-order chi connectivity index (χ1) is 5.11. The average molecular weight is 159 g/mol. The molecule has 0 aromatic rings. The van der Waals surface area contributed by atoms with E-state index in [4.69, 9.17) is 5.41 Å². The largest absolute Gasteiger partial charge is 0.469 e. The molecule has 0 heterocycles. The van der Waals surface area contributed by atoms with Gasteiger partial charge in [0.1, 0.15) is 5.71 Å². The predicted octanol–water partition coefficient (Wildman–Crippen LogP) is -0.258. The predicted molar refractivity (Wildman–Crippen MR) is 36.4 cm³/mol. The van der Waals surface area contributed by atoms with Gasteiger partial charge in [0.25, 0.3) is 0 Å². The highest BCUT2D eigenvalue weighted by molar-refractivity contribution is 6.38. The van der Waals surface area contributed by atoms with E-state index in [2.05, 4.69) is 9.47 Å². The van der Waals surface area contributed by atoms with Crippen LogP contribution in [-0.4, -0.2) is 31.9 Å². The van der Waals surface area contributed by atoms with Crippen LogP contribution in [0.2, 0.25) is 0 Å². The van der Waals surface area contributed by atoms with Gasteiger partial charge in [-0.15, -0.1) is 0 Å². The first-order valence-electron chi connectivity index (χ1n) is 2.84. The van der Waals surface area contributed by atoms with E-state index in [1.54, 1.807) is 0 Å². The van der Waals surface area contributed by atoms with Gasteiger partial charge in [0, 0.05) is 0 Å². The fourth-order valence-corrected chi connectivity index (χ4v) is 0.412. The number of rotatable bonds is 3. The Kier molecular flexibility index (Phi) is 3.87. The number of ether oxygens (including phenoxy) is 2. The minimum Gasteiger partial charge on any atom is -0.469 e. The van der Waals surface area contributed by atoms with Crippen molar-refractivity contribution in [2.45, 2.75) is 6.42 Å². The van der Waals surface area contributed by atoms with Gasteiger partial charge in [-0.05, 0) is 0 Å². The molecule has 0 aromatic carbocycles. The molecular weight excluding hydrogens is 150 g/mol. The summed E-state index contributed by atoms with van der Waals surface area (Å²) in [5, 5.41) is 6.95. The van der Waals surface area contributed by atoms with Crippen LogP contribution in [0, 0.1) is 5.41 Å². The summed E-state index contributed by atoms with van der Waals surface area (Å²) in [5.41, 5.74) is -0.403. The summed E-state index contributed by atoms with van der Waals surface area (Å²) in [7, 11) is 2.33. The highest BCUT2D eigenvalue weighted by Gasteiger charge is 2.13. The lowest BCUT2D eigenvalue weighted by molar-refractivity contribution is -0.140. The summed E-state index contributed by atoms with van der Waals surface area (Å²) in [5.74, 6) is -1.43. The molecule has 0 aliphatic rings. The maximum Gasteiger partial charge on any atom is 0.352 e. The van der Waals surface area contributed by atoms with E-state index in [0.717, 1.165) is 7.11 Å². The van der Waals surface area contributed by atoms with Gasteiger partial charge in [-0.3, -0.25) is 10.2 Å². The van der Waals surface area contributed by atoms with Crippen molar-refractivity contribution < 1.29 is 19.1 Å². The molecule has 11 heavy (non-hydrogen) atoms. The lowest BCUT2D eigenvalue weighted by atomic mass is 10.3. The van der Waals surface area contributed by atoms with E-state index in [1.165, 1.54) is 7.11 Å². The first kappa shape index (κ1) is 9.61. The number of esters is 2. The first-order valence-corrected chi connectivity index (χ1v) is 2.84. The van der Waals surface area contributed by atoms with Gasteiger partial charge in [0.05, 0.1) is 20.6 Å². The Morgan fingerprint density at radius 2 is 1.82 bits per heavy atom. The number of hydrogen-bond acceptors (Lipinski definition) is 5. The maximum absolute atomic E-state index is 10.5. The molecule has 5 nitrogen and oxygen atoms in total. The van der Waals surface area contributed by atoms with Gasteiger partial charge >= 0.3 is 11.9 Å². The molecular formula is C6H9NO4. The summed E-state index contributed by atoms with van der Waals surface area (Å²) in [6.07, 6.45) is -0.344. The Bertz CT molecular complexity index is 187. The Labute approximate surface area is 63.8 Å². The smallest absolute Gasteiger partial charge is 0.352 e. The van der Waals surface area contributed by atoms with Crippen molar-refractivity contribution in [1.29, 1.82) is 5.41 Å². The van der Waals surface area contributed by atoms with E-state index in [9.17, 15) is 9.59 Å². The van der Waals surface area contributed by atoms with Gasteiger partial charge in [0.2, 0.25) is 0 Å². The Morgan fingerprint density at radius 1 is 1.27 bits per heavy atom. The summed E-state index contributed by atoms with van der Waals surface area (Å²) >= 11 is 0. The molecule has 0 aliphatic heterocycles. The molecule has 0 amide bonds. The molecule has 5 heteroatoms. The van der Waals surface area contributed by atoms with Gasteiger partial charge in [0.15, 0.2) is 0 Å². The minimum absolute atomic E-state index is 0.344. The summed E-state index contributed by atoms with van der Waals surface area (Å²) in [4.78, 5) is 21.0. The van der Waals surface area contributed by atoms with Crippen molar-refractivity contribution in [2.75, 3.05) is 14.2 Å². The molecule has 0 spiro atoms. The fraction of sp³-hybridized carbons (Fsp3) is 0.500. The van der Waals surface area contributed by atoms with Crippen LogP contribution in [0.3, 0.4) is 0 Å². The van der Waals surface area contributed by atoms with Crippen LogP contribution in [0.4, 0.5) is 0 Å². The number of nitrogens with one attached hydrogen (secondary N) is 1. The topological polar surface area (TPSA) is 76.5 Å². The third kappa shape index (κ3) is 3.34. The van der Waals surface area contributed by atoms with Crippen LogP contribution in [0.25, 0.3) is 0 Å². The van der Waals surface area contributed by atoms with Crippen molar-refractivity contribution in [3.05, 3.63) is 0 Å². The van der Waals surface area contributed by atoms with Gasteiger partial charge in [-0.25, -0.2) is 4.79 Å². The van der Waals surface area contributed by atoms with E-state index >= 15 is 0 Å². The summed E-state index contributed by atoms with van der Waals surface area (Å²) in [6.45, 7) is 0. The molecule has 0 saturated heterocycles. The molecule has 0 atom stereocenters. The maximum atomic E-state index is 10.5. The Morgan fingerprint density at radius 3 is 2.18 bits per heavy atom. The fourth-order valence-electron chi connectivity index (χ4n) is 0.412. The molecule has 1 N–H and O–H groups in total. The molecule has 0 unspecified atom stereocenters. The van der Waals surface area contributed by atoms with Crippen LogP contribution in [0.1, 0.15) is 6.42 Å². The number of hydrogen-bond donors (Lipinski definition) is 1. The lowest BCUT2D eigenvalue weighted by Crippen LogP contribution is -2.19. The van der Waals surface area contributed by atoms with Gasteiger partial charge < -0.3 is 9.47 Å². The summed E-state index contributed by atoms with van der Waals surface area (Å²) in [6, 6.07) is 0. The molecule has 0 bridgehead atoms. The van der Waals surface area contributed by atoms with Gasteiger partial charge in [-0.1, -0.05) is 0 Å². The van der Waals surface area contributed by atoms with Crippen LogP contribution < -0.4 is 0 Å². The van der Waals surface area contributed by atoms with E-state index in [0.29, 0.717) is 0 Å². The molecule has 0 saturated carbocycles. The Balaban J connectivity index is 3.88. The zero-order valence-corrected chi connectivity index (χ0v) is 6.34. The van der Waals surface area contributed by atoms with Crippen molar-refractivity contribution in [3.8, 4) is 0 Å². The van der Waals surface area contributed by atoms with Crippen molar-refractivity contribution >= 4 is 17.7 Å². The molecule has 0 rings (SSSR count). The summed E-state index contributed by atoms with van der Waals surface area (Å²) < 4.78 is 8.41. The van der Waals surface area contributed by atoms with Crippen molar-refractivity contribution in [2.24, 2.45) is 0 Å². The number of methoxy groups -OCH3 is 2. The molecule has 62 valence electrons. The van der Waals surface area contributed by atoms with Crippen LogP contribution >= 0.6 is 0 Å². The van der Waals surface area contributed by atoms with Crippen LogP contribution in [-0.2, 0) is 19.1 Å². The monoisotopic (exact) mass is 159 g/mol. The highest BCUT2D eigenvalue weighted by Crippen LogP contribution is 1.89. The third-order valence-electron chi connectivity index (χ3n) is 0.981. The molecule has 0 radical (unpaired) electrons. The second-order valence-corrected chi connectivity index (χ2v) is 1.72. The minimum atomic E-state index is -0.810. The number of carbonyl (C=O) groups excluding carboxylic acids is 2. The normalized spacial score (nSPS) is 8.55. The van der Waals surface area contributed by atoms with Crippen LogP contribution in [0.5, 0.6) is 0 Å². The Hall–Kier alpha value is -1.39. The van der Waals surface area contributed by atoms with E-state index in [1.807, 2.05) is 0 Å². The third-order valence-corrected chi connectivity index (χ3v) is 0.981.